The van der Waals surface area contributed by atoms with Crippen LogP contribution >= 0.6 is 27.5 Å². The maximum Gasteiger partial charge on any atom is 0.311 e. The minimum absolute atomic E-state index is 0.0643. The van der Waals surface area contributed by atoms with E-state index in [1.54, 1.807) is 17.0 Å². The number of anilines is 2. The van der Waals surface area contributed by atoms with Gasteiger partial charge in [-0.15, -0.1) is 0 Å². The third-order valence-corrected chi connectivity index (χ3v) is 6.34. The van der Waals surface area contributed by atoms with Crippen molar-refractivity contribution in [3.05, 3.63) is 56.5 Å². The molecule has 8 heteroatoms. The van der Waals surface area contributed by atoms with Crippen molar-refractivity contribution >= 4 is 56.7 Å². The van der Waals surface area contributed by atoms with Crippen molar-refractivity contribution in [3.63, 3.8) is 0 Å². The van der Waals surface area contributed by atoms with Crippen molar-refractivity contribution in [1.82, 2.24) is 0 Å². The second kappa shape index (κ2) is 9.18. The largest absolute Gasteiger partial charge is 0.455 e. The number of hydrogen-bond donors (Lipinski definition) is 1. The highest BCUT2D eigenvalue weighted by Crippen LogP contribution is 2.29. The molecule has 0 saturated carbocycles. The molecular weight excluding hydrogens is 472 g/mol. The van der Waals surface area contributed by atoms with Gasteiger partial charge in [0.05, 0.1) is 10.9 Å². The van der Waals surface area contributed by atoms with Gasteiger partial charge in [-0.25, -0.2) is 0 Å². The molecule has 0 unspecified atom stereocenters. The van der Waals surface area contributed by atoms with Crippen LogP contribution in [0.3, 0.4) is 0 Å². The summed E-state index contributed by atoms with van der Waals surface area (Å²) in [6.45, 7) is 5.61. The summed E-state index contributed by atoms with van der Waals surface area (Å²) in [5, 5.41) is 3.14. The second-order valence-corrected chi connectivity index (χ2v) is 8.67. The van der Waals surface area contributed by atoms with Gasteiger partial charge in [0.15, 0.2) is 6.61 Å². The molecular formula is C22H22BrClN2O4. The van der Waals surface area contributed by atoms with E-state index in [-0.39, 0.29) is 18.9 Å². The first-order chi connectivity index (χ1) is 14.2. The van der Waals surface area contributed by atoms with Crippen LogP contribution < -0.4 is 10.2 Å². The third-order valence-electron chi connectivity index (χ3n) is 5.15. The maximum atomic E-state index is 12.4. The number of nitrogens with zero attached hydrogens (tertiary/aromatic N) is 1. The van der Waals surface area contributed by atoms with Crippen LogP contribution in [0.2, 0.25) is 5.02 Å². The molecule has 158 valence electrons. The van der Waals surface area contributed by atoms with Gasteiger partial charge in [-0.2, -0.15) is 0 Å². The van der Waals surface area contributed by atoms with Gasteiger partial charge in [0, 0.05) is 28.8 Å². The molecule has 1 fully saturated rings. The summed E-state index contributed by atoms with van der Waals surface area (Å²) in [6.07, 6.45) is 0.0643. The van der Waals surface area contributed by atoms with Crippen LogP contribution in [0.25, 0.3) is 0 Å². The average molecular weight is 494 g/mol. The molecule has 0 aliphatic carbocycles. The van der Waals surface area contributed by atoms with Crippen LogP contribution in [0, 0.1) is 26.7 Å². The molecule has 1 saturated heterocycles. The normalized spacial score (nSPS) is 16.0. The minimum atomic E-state index is -0.601. The zero-order valence-corrected chi connectivity index (χ0v) is 19.3. The monoisotopic (exact) mass is 492 g/mol. The highest BCUT2D eigenvalue weighted by molar-refractivity contribution is 9.10. The highest BCUT2D eigenvalue weighted by Gasteiger charge is 2.36. The maximum absolute atomic E-state index is 12.4. The van der Waals surface area contributed by atoms with Gasteiger partial charge in [0.1, 0.15) is 0 Å². The SMILES string of the molecule is Cc1ccc(N2C[C@@H](C(=O)OCC(=O)Nc3cc(Cl)c(Br)cc3C)CC2=O)cc1C. The fourth-order valence-corrected chi connectivity index (χ4v) is 3.85. The number of halogens is 2. The summed E-state index contributed by atoms with van der Waals surface area (Å²) in [5.41, 5.74) is 4.33. The molecule has 3 rings (SSSR count). The number of rotatable bonds is 5. The summed E-state index contributed by atoms with van der Waals surface area (Å²) in [7, 11) is 0. The van der Waals surface area contributed by atoms with E-state index in [1.165, 1.54) is 0 Å². The molecule has 2 aromatic carbocycles. The van der Waals surface area contributed by atoms with E-state index in [0.717, 1.165) is 26.9 Å². The molecule has 6 nitrogen and oxygen atoms in total. The first kappa shape index (κ1) is 22.3. The van der Waals surface area contributed by atoms with E-state index in [2.05, 4.69) is 21.2 Å². The molecule has 1 N–H and O–H groups in total. The van der Waals surface area contributed by atoms with Crippen LogP contribution in [-0.4, -0.2) is 30.9 Å². The quantitative estimate of drug-likeness (QED) is 0.620. The number of esters is 1. The Hall–Kier alpha value is -2.38. The summed E-state index contributed by atoms with van der Waals surface area (Å²) < 4.78 is 5.88. The zero-order chi connectivity index (χ0) is 22.0. The van der Waals surface area contributed by atoms with Gasteiger partial charge < -0.3 is 15.0 Å². The number of hydrogen-bond acceptors (Lipinski definition) is 4. The lowest BCUT2D eigenvalue weighted by Crippen LogP contribution is -2.28. The van der Waals surface area contributed by atoms with Crippen LogP contribution in [0.15, 0.2) is 34.8 Å². The van der Waals surface area contributed by atoms with Gasteiger partial charge in [-0.05, 0) is 77.7 Å². The molecule has 0 bridgehead atoms. The van der Waals surface area contributed by atoms with E-state index in [0.29, 0.717) is 10.7 Å². The van der Waals surface area contributed by atoms with E-state index in [1.807, 2.05) is 39.0 Å². The molecule has 1 aliphatic rings. The Labute approximate surface area is 188 Å². The molecule has 30 heavy (non-hydrogen) atoms. The number of ether oxygens (including phenoxy) is 1. The molecule has 0 radical (unpaired) electrons. The van der Waals surface area contributed by atoms with Gasteiger partial charge in [-0.3, -0.25) is 14.4 Å². The predicted molar refractivity (Wildman–Crippen MR) is 120 cm³/mol. The number of nitrogens with one attached hydrogen (secondary N) is 1. The Morgan fingerprint density at radius 1 is 1.17 bits per heavy atom. The summed E-state index contributed by atoms with van der Waals surface area (Å²) >= 11 is 9.38. The van der Waals surface area contributed by atoms with Crippen LogP contribution in [0.5, 0.6) is 0 Å². The Morgan fingerprint density at radius 2 is 1.90 bits per heavy atom. The number of carbonyl (C=O) groups excluding carboxylic acids is 3. The summed E-state index contributed by atoms with van der Waals surface area (Å²) in [5.74, 6) is -1.77. The minimum Gasteiger partial charge on any atom is -0.455 e. The van der Waals surface area contributed by atoms with Crippen LogP contribution in [0.1, 0.15) is 23.1 Å². The van der Waals surface area contributed by atoms with Crippen molar-refractivity contribution in [2.45, 2.75) is 27.2 Å². The first-order valence-corrected chi connectivity index (χ1v) is 10.6. The van der Waals surface area contributed by atoms with Gasteiger partial charge in [0.2, 0.25) is 5.91 Å². The van der Waals surface area contributed by atoms with Crippen LogP contribution in [0.4, 0.5) is 11.4 Å². The molecule has 1 heterocycles. The van der Waals surface area contributed by atoms with Crippen molar-refractivity contribution in [1.29, 1.82) is 0 Å². The smallest absolute Gasteiger partial charge is 0.311 e. The first-order valence-electron chi connectivity index (χ1n) is 9.45. The Kier molecular flexibility index (Phi) is 6.83. The summed E-state index contributed by atoms with van der Waals surface area (Å²) in [6, 6.07) is 9.16. The Balaban J connectivity index is 1.56. The van der Waals surface area contributed by atoms with Gasteiger partial charge in [-0.1, -0.05) is 17.7 Å². The Morgan fingerprint density at radius 3 is 2.60 bits per heavy atom. The topological polar surface area (TPSA) is 75.7 Å². The second-order valence-electron chi connectivity index (χ2n) is 7.41. The van der Waals surface area contributed by atoms with Gasteiger partial charge >= 0.3 is 5.97 Å². The van der Waals surface area contributed by atoms with Crippen molar-refractivity contribution < 1.29 is 19.1 Å². The zero-order valence-electron chi connectivity index (χ0n) is 16.9. The Bertz CT molecular complexity index is 1020. The third kappa shape index (κ3) is 5.02. The van der Waals surface area contributed by atoms with E-state index in [4.69, 9.17) is 16.3 Å². The van der Waals surface area contributed by atoms with Crippen molar-refractivity contribution in [2.75, 3.05) is 23.4 Å². The van der Waals surface area contributed by atoms with Gasteiger partial charge in [0.25, 0.3) is 5.91 Å². The molecule has 0 aromatic heterocycles. The number of carbonyl (C=O) groups is 3. The van der Waals surface area contributed by atoms with E-state index in [9.17, 15) is 14.4 Å². The van der Waals surface area contributed by atoms with Crippen molar-refractivity contribution in [2.24, 2.45) is 5.92 Å². The standard InChI is InChI=1S/C22H22BrClN2O4/c1-12-4-5-16(6-13(12)2)26-10-15(8-21(26)28)22(29)30-11-20(27)25-19-9-18(24)17(23)7-14(19)3/h4-7,9,15H,8,10-11H2,1-3H3,(H,25,27)/t15-/m0/s1. The highest BCUT2D eigenvalue weighted by atomic mass is 79.9. The molecule has 1 atom stereocenters. The summed E-state index contributed by atoms with van der Waals surface area (Å²) in [4.78, 5) is 38.6. The number of benzene rings is 2. The molecule has 2 amide bonds. The number of amides is 2. The van der Waals surface area contributed by atoms with E-state index < -0.39 is 24.4 Å². The van der Waals surface area contributed by atoms with E-state index >= 15 is 0 Å². The molecule has 1 aliphatic heterocycles. The number of aryl methyl sites for hydroxylation is 3. The van der Waals surface area contributed by atoms with Crippen molar-refractivity contribution in [3.8, 4) is 0 Å². The lowest BCUT2D eigenvalue weighted by Gasteiger charge is -2.18. The molecule has 2 aromatic rings. The fourth-order valence-electron chi connectivity index (χ4n) is 3.23. The predicted octanol–water partition coefficient (Wildman–Crippen LogP) is 4.56. The lowest BCUT2D eigenvalue weighted by molar-refractivity contribution is -0.151. The van der Waals surface area contributed by atoms with Crippen LogP contribution in [-0.2, 0) is 19.1 Å². The lowest BCUT2D eigenvalue weighted by atomic mass is 10.1. The average Bonchev–Trinajstić information content (AvgIpc) is 3.08. The molecule has 0 spiro atoms. The fraction of sp³-hybridized carbons (Fsp3) is 0.318.